The quantitative estimate of drug-likeness (QED) is 0.738. The predicted molar refractivity (Wildman–Crippen MR) is 82.4 cm³/mol. The first-order chi connectivity index (χ1) is 9.90. The Hall–Kier alpha value is -1.08. The van der Waals surface area contributed by atoms with Crippen molar-refractivity contribution < 1.29 is 17.6 Å². The molecule has 0 atom stereocenters. The number of furan rings is 1. The van der Waals surface area contributed by atoms with Gasteiger partial charge in [-0.3, -0.25) is 0 Å². The molecule has 1 aromatic carbocycles. The Morgan fingerprint density at radius 1 is 1.19 bits per heavy atom. The van der Waals surface area contributed by atoms with Crippen LogP contribution in [-0.4, -0.2) is 6.26 Å². The number of rotatable bonds is 5. The molecule has 0 aliphatic carbocycles. The summed E-state index contributed by atoms with van der Waals surface area (Å²) in [5.41, 5.74) is -0.302. The Labute approximate surface area is 133 Å². The second-order valence-electron chi connectivity index (χ2n) is 4.35. The van der Waals surface area contributed by atoms with Gasteiger partial charge in [0, 0.05) is 10.2 Å². The summed E-state index contributed by atoms with van der Waals surface area (Å²) in [6, 6.07) is 7.19. The number of hydrogen-bond acceptors (Lipinski definition) is 3. The maximum absolute atomic E-state index is 12.7. The number of nitrogens with one attached hydrogen (secondary N) is 1. The van der Waals surface area contributed by atoms with Crippen molar-refractivity contribution in [3.63, 3.8) is 0 Å². The molecule has 7 heteroatoms. The molecule has 114 valence electrons. The van der Waals surface area contributed by atoms with Crippen molar-refractivity contribution in [2.45, 2.75) is 18.5 Å². The van der Waals surface area contributed by atoms with Crippen molar-refractivity contribution in [3.8, 4) is 0 Å². The van der Waals surface area contributed by atoms with E-state index in [4.69, 9.17) is 4.42 Å². The van der Waals surface area contributed by atoms with Gasteiger partial charge in [-0.1, -0.05) is 0 Å². The predicted octanol–water partition coefficient (Wildman–Crippen LogP) is 5.54. The molecule has 0 unspecified atom stereocenters. The van der Waals surface area contributed by atoms with Crippen molar-refractivity contribution in [2.75, 3.05) is 11.6 Å². The maximum Gasteiger partial charge on any atom is 0.416 e. The second-order valence-corrected chi connectivity index (χ2v) is 6.07. The van der Waals surface area contributed by atoms with Crippen LogP contribution in [-0.2, 0) is 18.5 Å². The van der Waals surface area contributed by atoms with E-state index in [-0.39, 0.29) is 0 Å². The van der Waals surface area contributed by atoms with Crippen LogP contribution in [0, 0.1) is 0 Å². The molecule has 1 heterocycles. The van der Waals surface area contributed by atoms with Crippen LogP contribution in [0.5, 0.6) is 0 Å². The van der Waals surface area contributed by atoms with Gasteiger partial charge >= 0.3 is 6.18 Å². The highest BCUT2D eigenvalue weighted by Gasteiger charge is 2.30. The first kappa shape index (κ1) is 16.3. The average molecular weight is 380 g/mol. The standard InChI is InChI=1S/C14H13BrF3NOS/c1-21-8-11-4-3-10(20-11)7-19-13-6-9(14(16,17)18)2-5-12(13)15/h2-6,19H,7-8H2,1H3. The van der Waals surface area contributed by atoms with Crippen LogP contribution < -0.4 is 5.32 Å². The monoisotopic (exact) mass is 379 g/mol. The van der Waals surface area contributed by atoms with Gasteiger partial charge in [0.05, 0.1) is 17.9 Å². The molecule has 21 heavy (non-hydrogen) atoms. The smallest absolute Gasteiger partial charge is 0.416 e. The highest BCUT2D eigenvalue weighted by atomic mass is 79.9. The SMILES string of the molecule is CSCc1ccc(CNc2cc(C(F)(F)F)ccc2Br)o1. The average Bonchev–Trinajstić information content (AvgIpc) is 2.84. The van der Waals surface area contributed by atoms with Crippen molar-refractivity contribution >= 4 is 33.4 Å². The van der Waals surface area contributed by atoms with Crippen molar-refractivity contribution in [1.29, 1.82) is 0 Å². The fourth-order valence-electron chi connectivity index (χ4n) is 1.76. The van der Waals surface area contributed by atoms with E-state index in [1.54, 1.807) is 11.8 Å². The molecule has 2 aromatic rings. The Balaban J connectivity index is 2.08. The van der Waals surface area contributed by atoms with Gasteiger partial charge in [0.15, 0.2) is 0 Å². The van der Waals surface area contributed by atoms with Crippen LogP contribution >= 0.6 is 27.7 Å². The largest absolute Gasteiger partial charge is 0.463 e. The zero-order valence-corrected chi connectivity index (χ0v) is 13.5. The highest BCUT2D eigenvalue weighted by molar-refractivity contribution is 9.10. The molecule has 0 saturated carbocycles. The highest BCUT2D eigenvalue weighted by Crippen LogP contribution is 2.34. The zero-order valence-electron chi connectivity index (χ0n) is 11.1. The molecule has 2 nitrogen and oxygen atoms in total. The van der Waals surface area contributed by atoms with Gasteiger partial charge in [-0.05, 0) is 52.5 Å². The van der Waals surface area contributed by atoms with Crippen LogP contribution in [0.2, 0.25) is 0 Å². The van der Waals surface area contributed by atoms with Gasteiger partial charge in [0.1, 0.15) is 11.5 Å². The first-order valence-corrected chi connectivity index (χ1v) is 8.26. The number of hydrogen-bond donors (Lipinski definition) is 1. The third kappa shape index (κ3) is 4.44. The van der Waals surface area contributed by atoms with Crippen molar-refractivity contribution in [1.82, 2.24) is 0 Å². The van der Waals surface area contributed by atoms with Gasteiger partial charge in [0.25, 0.3) is 0 Å². The molecule has 1 N–H and O–H groups in total. The van der Waals surface area contributed by atoms with Crippen LogP contribution in [0.3, 0.4) is 0 Å². The van der Waals surface area contributed by atoms with Gasteiger partial charge in [0.2, 0.25) is 0 Å². The summed E-state index contributed by atoms with van der Waals surface area (Å²) in [6.45, 7) is 0.328. The van der Waals surface area contributed by atoms with E-state index in [1.807, 2.05) is 18.4 Å². The summed E-state index contributed by atoms with van der Waals surface area (Å²) >= 11 is 4.88. The van der Waals surface area contributed by atoms with Gasteiger partial charge < -0.3 is 9.73 Å². The molecule has 0 fully saturated rings. The summed E-state index contributed by atoms with van der Waals surface area (Å²) in [6.07, 6.45) is -2.38. The number of halogens is 4. The zero-order chi connectivity index (χ0) is 15.5. The molecule has 0 aliphatic rings. The number of anilines is 1. The molecular weight excluding hydrogens is 367 g/mol. The minimum atomic E-state index is -4.35. The van der Waals surface area contributed by atoms with E-state index < -0.39 is 11.7 Å². The lowest BCUT2D eigenvalue weighted by Crippen LogP contribution is -2.06. The minimum absolute atomic E-state index is 0.328. The normalized spacial score (nSPS) is 11.7. The summed E-state index contributed by atoms with van der Waals surface area (Å²) in [4.78, 5) is 0. The lowest BCUT2D eigenvalue weighted by molar-refractivity contribution is -0.137. The molecule has 0 amide bonds. The van der Waals surface area contributed by atoms with E-state index in [0.717, 1.165) is 23.6 Å². The molecule has 2 rings (SSSR count). The fourth-order valence-corrected chi connectivity index (χ4v) is 2.58. The maximum atomic E-state index is 12.7. The van der Waals surface area contributed by atoms with Gasteiger partial charge in [-0.15, -0.1) is 0 Å². The molecule has 1 aromatic heterocycles. The summed E-state index contributed by atoms with van der Waals surface area (Å²) in [5, 5.41) is 2.95. The van der Waals surface area contributed by atoms with E-state index in [2.05, 4.69) is 21.2 Å². The fraction of sp³-hybridized carbons (Fsp3) is 0.286. The molecule has 0 aliphatic heterocycles. The van der Waals surface area contributed by atoms with Gasteiger partial charge in [-0.25, -0.2) is 0 Å². The Kier molecular flexibility index (Phi) is 5.27. The summed E-state index contributed by atoms with van der Waals surface area (Å²) < 4.78 is 44.2. The lowest BCUT2D eigenvalue weighted by atomic mass is 10.2. The van der Waals surface area contributed by atoms with Crippen LogP contribution in [0.4, 0.5) is 18.9 Å². The van der Waals surface area contributed by atoms with Crippen LogP contribution in [0.1, 0.15) is 17.1 Å². The van der Waals surface area contributed by atoms with Gasteiger partial charge in [-0.2, -0.15) is 24.9 Å². The van der Waals surface area contributed by atoms with E-state index in [1.165, 1.54) is 6.07 Å². The molecule has 0 spiro atoms. The van der Waals surface area contributed by atoms with Crippen molar-refractivity contribution in [3.05, 3.63) is 51.9 Å². The van der Waals surface area contributed by atoms with Crippen LogP contribution in [0.15, 0.2) is 39.2 Å². The van der Waals surface area contributed by atoms with E-state index in [0.29, 0.717) is 22.5 Å². The summed E-state index contributed by atoms with van der Waals surface area (Å²) in [5.74, 6) is 2.30. The molecular formula is C14H13BrF3NOS. The molecule has 0 saturated heterocycles. The lowest BCUT2D eigenvalue weighted by Gasteiger charge is -2.11. The first-order valence-electron chi connectivity index (χ1n) is 6.07. The Morgan fingerprint density at radius 2 is 1.90 bits per heavy atom. The molecule has 0 radical (unpaired) electrons. The second kappa shape index (κ2) is 6.79. The van der Waals surface area contributed by atoms with E-state index in [9.17, 15) is 13.2 Å². The number of alkyl halides is 3. The Morgan fingerprint density at radius 3 is 2.57 bits per heavy atom. The topological polar surface area (TPSA) is 25.2 Å². The molecule has 0 bridgehead atoms. The van der Waals surface area contributed by atoms with E-state index >= 15 is 0 Å². The summed E-state index contributed by atoms with van der Waals surface area (Å²) in [7, 11) is 0. The minimum Gasteiger partial charge on any atom is -0.463 e. The third-order valence-corrected chi connectivity index (χ3v) is 4.02. The number of thioether (sulfide) groups is 1. The third-order valence-electron chi connectivity index (χ3n) is 2.75. The number of benzene rings is 1. The van der Waals surface area contributed by atoms with Crippen molar-refractivity contribution in [2.24, 2.45) is 0 Å². The Bertz CT molecular complexity index is 613. The van der Waals surface area contributed by atoms with Crippen LogP contribution in [0.25, 0.3) is 0 Å².